The van der Waals surface area contributed by atoms with Crippen molar-refractivity contribution in [3.8, 4) is 0 Å². The van der Waals surface area contributed by atoms with Crippen LogP contribution >= 0.6 is 23.2 Å². The number of aliphatic carboxylic acids is 1. The SMILES string of the molecule is O=C(NCC1CCC(C(=O)O)O1)c1ccc(Cl)cc1Cl. The lowest BCUT2D eigenvalue weighted by atomic mass is 10.2. The van der Waals surface area contributed by atoms with Crippen LogP contribution in [0.4, 0.5) is 0 Å². The zero-order valence-electron chi connectivity index (χ0n) is 10.4. The number of hydrogen-bond acceptors (Lipinski definition) is 3. The van der Waals surface area contributed by atoms with Crippen LogP contribution in [-0.4, -0.2) is 35.7 Å². The van der Waals surface area contributed by atoms with E-state index in [0.29, 0.717) is 23.4 Å². The summed E-state index contributed by atoms with van der Waals surface area (Å²) in [5.41, 5.74) is 0.323. The van der Waals surface area contributed by atoms with Crippen LogP contribution in [0.2, 0.25) is 10.0 Å². The maximum atomic E-state index is 11.9. The smallest absolute Gasteiger partial charge is 0.332 e. The van der Waals surface area contributed by atoms with Crippen molar-refractivity contribution < 1.29 is 19.4 Å². The maximum Gasteiger partial charge on any atom is 0.332 e. The lowest BCUT2D eigenvalue weighted by molar-refractivity contribution is -0.149. The highest BCUT2D eigenvalue weighted by atomic mass is 35.5. The van der Waals surface area contributed by atoms with Gasteiger partial charge in [0.15, 0.2) is 6.10 Å². The van der Waals surface area contributed by atoms with E-state index in [2.05, 4.69) is 5.32 Å². The van der Waals surface area contributed by atoms with Crippen molar-refractivity contribution in [2.75, 3.05) is 6.54 Å². The van der Waals surface area contributed by atoms with Crippen LogP contribution in [0.25, 0.3) is 0 Å². The molecular formula is C13H13Cl2NO4. The van der Waals surface area contributed by atoms with E-state index in [0.717, 1.165) is 0 Å². The first-order chi connectivity index (χ1) is 9.47. The van der Waals surface area contributed by atoms with E-state index in [4.69, 9.17) is 33.0 Å². The quantitative estimate of drug-likeness (QED) is 0.893. The molecular weight excluding hydrogens is 305 g/mol. The van der Waals surface area contributed by atoms with Crippen molar-refractivity contribution in [3.63, 3.8) is 0 Å². The molecule has 1 aromatic rings. The topological polar surface area (TPSA) is 75.6 Å². The minimum absolute atomic E-state index is 0.252. The molecule has 7 heteroatoms. The third-order valence-electron chi connectivity index (χ3n) is 3.05. The van der Waals surface area contributed by atoms with E-state index < -0.39 is 12.1 Å². The highest BCUT2D eigenvalue weighted by Crippen LogP contribution is 2.22. The number of nitrogens with one attached hydrogen (secondary N) is 1. The number of ether oxygens (including phenoxy) is 1. The Hall–Kier alpha value is -1.30. The lowest BCUT2D eigenvalue weighted by Crippen LogP contribution is -2.33. The molecule has 20 heavy (non-hydrogen) atoms. The minimum Gasteiger partial charge on any atom is -0.479 e. The Morgan fingerprint density at radius 3 is 2.70 bits per heavy atom. The normalized spacial score (nSPS) is 21.7. The third kappa shape index (κ3) is 3.62. The summed E-state index contributed by atoms with van der Waals surface area (Å²) in [7, 11) is 0. The summed E-state index contributed by atoms with van der Waals surface area (Å²) < 4.78 is 5.29. The molecule has 1 fully saturated rings. The van der Waals surface area contributed by atoms with Crippen molar-refractivity contribution in [1.29, 1.82) is 0 Å². The Balaban J connectivity index is 1.88. The second kappa shape index (κ2) is 6.43. The number of carboxylic acids is 1. The van der Waals surface area contributed by atoms with Crippen LogP contribution in [0.5, 0.6) is 0 Å². The number of carbonyl (C=O) groups is 2. The fourth-order valence-corrected chi connectivity index (χ4v) is 2.51. The molecule has 0 aromatic heterocycles. The Morgan fingerprint density at radius 1 is 1.35 bits per heavy atom. The molecule has 0 spiro atoms. The first-order valence-corrected chi connectivity index (χ1v) is 6.84. The molecule has 0 saturated carbocycles. The molecule has 1 amide bonds. The van der Waals surface area contributed by atoms with Crippen molar-refractivity contribution in [2.45, 2.75) is 25.0 Å². The van der Waals surface area contributed by atoms with Gasteiger partial charge in [-0.25, -0.2) is 4.79 Å². The van der Waals surface area contributed by atoms with E-state index >= 15 is 0 Å². The molecule has 108 valence electrons. The van der Waals surface area contributed by atoms with Gasteiger partial charge in [-0.05, 0) is 31.0 Å². The molecule has 2 N–H and O–H groups in total. The Labute approximate surface area is 125 Å². The van der Waals surface area contributed by atoms with Gasteiger partial charge in [0.25, 0.3) is 5.91 Å². The highest BCUT2D eigenvalue weighted by molar-refractivity contribution is 6.36. The molecule has 1 aliphatic heterocycles. The Bertz CT molecular complexity index is 535. The van der Waals surface area contributed by atoms with Crippen LogP contribution in [0.1, 0.15) is 23.2 Å². The fraction of sp³-hybridized carbons (Fsp3) is 0.385. The number of rotatable bonds is 4. The summed E-state index contributed by atoms with van der Waals surface area (Å²) in [6.07, 6.45) is -0.00876. The number of carbonyl (C=O) groups excluding carboxylic acids is 1. The molecule has 0 bridgehead atoms. The van der Waals surface area contributed by atoms with Crippen molar-refractivity contribution >= 4 is 35.1 Å². The number of halogens is 2. The molecule has 1 aliphatic rings. The van der Waals surface area contributed by atoms with Gasteiger partial charge in [0, 0.05) is 11.6 Å². The van der Waals surface area contributed by atoms with E-state index in [-0.39, 0.29) is 23.6 Å². The van der Waals surface area contributed by atoms with Gasteiger partial charge in [0.2, 0.25) is 0 Å². The zero-order chi connectivity index (χ0) is 14.7. The fourth-order valence-electron chi connectivity index (χ4n) is 2.01. The molecule has 2 atom stereocenters. The van der Waals surface area contributed by atoms with Crippen LogP contribution in [0, 0.1) is 0 Å². The number of carboxylic acid groups (broad SMARTS) is 1. The van der Waals surface area contributed by atoms with Gasteiger partial charge in [-0.2, -0.15) is 0 Å². The zero-order valence-corrected chi connectivity index (χ0v) is 11.9. The number of amides is 1. The molecule has 5 nitrogen and oxygen atoms in total. The van der Waals surface area contributed by atoms with E-state index in [1.165, 1.54) is 12.1 Å². The summed E-state index contributed by atoms with van der Waals surface area (Å²) in [5, 5.41) is 12.2. The van der Waals surface area contributed by atoms with Crippen molar-refractivity contribution in [3.05, 3.63) is 33.8 Å². The standard InChI is InChI=1S/C13H13Cl2NO4/c14-7-1-3-9(10(15)5-7)12(17)16-6-8-2-4-11(20-8)13(18)19/h1,3,5,8,11H,2,4,6H2,(H,16,17)(H,18,19). The molecule has 1 aromatic carbocycles. The first kappa shape index (κ1) is 15.1. The van der Waals surface area contributed by atoms with Gasteiger partial charge in [0.1, 0.15) is 0 Å². The van der Waals surface area contributed by atoms with Gasteiger partial charge >= 0.3 is 5.97 Å². The van der Waals surface area contributed by atoms with Crippen molar-refractivity contribution in [2.24, 2.45) is 0 Å². The van der Waals surface area contributed by atoms with E-state index in [9.17, 15) is 9.59 Å². The molecule has 0 aliphatic carbocycles. The van der Waals surface area contributed by atoms with Crippen molar-refractivity contribution in [1.82, 2.24) is 5.32 Å². The highest BCUT2D eigenvalue weighted by Gasteiger charge is 2.30. The van der Waals surface area contributed by atoms with Crippen LogP contribution < -0.4 is 5.32 Å². The number of hydrogen-bond donors (Lipinski definition) is 2. The van der Waals surface area contributed by atoms with Crippen LogP contribution in [-0.2, 0) is 9.53 Å². The first-order valence-electron chi connectivity index (χ1n) is 6.09. The minimum atomic E-state index is -0.973. The predicted octanol–water partition coefficient (Wildman–Crippen LogP) is 2.36. The monoisotopic (exact) mass is 317 g/mol. The van der Waals surface area contributed by atoms with E-state index in [1.54, 1.807) is 6.07 Å². The van der Waals surface area contributed by atoms with Gasteiger partial charge in [-0.1, -0.05) is 23.2 Å². The van der Waals surface area contributed by atoms with Gasteiger partial charge in [-0.3, -0.25) is 4.79 Å². The lowest BCUT2D eigenvalue weighted by Gasteiger charge is -2.13. The largest absolute Gasteiger partial charge is 0.479 e. The summed E-state index contributed by atoms with van der Waals surface area (Å²) in [6, 6.07) is 4.61. The second-order valence-electron chi connectivity index (χ2n) is 4.50. The van der Waals surface area contributed by atoms with E-state index in [1.807, 2.05) is 0 Å². The molecule has 2 rings (SSSR count). The Morgan fingerprint density at radius 2 is 2.10 bits per heavy atom. The molecule has 0 radical (unpaired) electrons. The van der Waals surface area contributed by atoms with Gasteiger partial charge in [0.05, 0.1) is 16.7 Å². The molecule has 2 unspecified atom stereocenters. The summed E-state index contributed by atoms with van der Waals surface area (Å²) >= 11 is 11.7. The molecule has 1 saturated heterocycles. The predicted molar refractivity (Wildman–Crippen MR) is 74.3 cm³/mol. The summed E-state index contributed by atoms with van der Waals surface area (Å²) in [5.74, 6) is -1.31. The average Bonchev–Trinajstić information content (AvgIpc) is 2.85. The van der Waals surface area contributed by atoms with Gasteiger partial charge < -0.3 is 15.2 Å². The summed E-state index contributed by atoms with van der Waals surface area (Å²) in [4.78, 5) is 22.7. The molecule has 1 heterocycles. The number of benzene rings is 1. The van der Waals surface area contributed by atoms with Crippen LogP contribution in [0.15, 0.2) is 18.2 Å². The van der Waals surface area contributed by atoms with Gasteiger partial charge in [-0.15, -0.1) is 0 Å². The third-order valence-corrected chi connectivity index (χ3v) is 3.60. The average molecular weight is 318 g/mol. The van der Waals surface area contributed by atoms with Crippen LogP contribution in [0.3, 0.4) is 0 Å². The maximum absolute atomic E-state index is 11.9. The Kier molecular flexibility index (Phi) is 4.86. The second-order valence-corrected chi connectivity index (χ2v) is 5.34. The summed E-state index contributed by atoms with van der Waals surface area (Å²) in [6.45, 7) is 0.252.